The molecule has 148 valence electrons. The van der Waals surface area contributed by atoms with Gasteiger partial charge in [-0.3, -0.25) is 9.59 Å². The Labute approximate surface area is 166 Å². The van der Waals surface area contributed by atoms with Crippen molar-refractivity contribution in [2.75, 3.05) is 23.8 Å². The molecule has 0 heterocycles. The quantitative estimate of drug-likeness (QED) is 0.577. The Kier molecular flexibility index (Phi) is 7.63. The Bertz CT molecular complexity index is 846. The summed E-state index contributed by atoms with van der Waals surface area (Å²) in [5.74, 6) is 0.322. The summed E-state index contributed by atoms with van der Waals surface area (Å²) in [5.41, 5.74) is 2.78. The molecule has 6 heteroatoms. The van der Waals surface area contributed by atoms with Crippen LogP contribution in [0.1, 0.15) is 31.1 Å². The van der Waals surface area contributed by atoms with E-state index in [0.29, 0.717) is 23.6 Å². The van der Waals surface area contributed by atoms with Gasteiger partial charge < -0.3 is 20.7 Å². The van der Waals surface area contributed by atoms with Crippen LogP contribution in [0.15, 0.2) is 60.7 Å². The lowest BCUT2D eigenvalue weighted by atomic mass is 10.1. The smallest absolute Gasteiger partial charge is 0.251 e. The molecule has 2 rings (SSSR count). The second kappa shape index (κ2) is 10.2. The van der Waals surface area contributed by atoms with Crippen molar-refractivity contribution in [1.82, 2.24) is 5.32 Å². The Balaban J connectivity index is 1.90. The van der Waals surface area contributed by atoms with E-state index in [1.165, 1.54) is 0 Å². The number of carbonyl (C=O) groups is 2. The molecule has 2 amide bonds. The van der Waals surface area contributed by atoms with Crippen LogP contribution >= 0.6 is 0 Å². The molecule has 6 nitrogen and oxygen atoms in total. The molecule has 0 aromatic heterocycles. The highest BCUT2D eigenvalue weighted by atomic mass is 16.5. The van der Waals surface area contributed by atoms with Crippen LogP contribution in [0, 0.1) is 0 Å². The zero-order valence-electron chi connectivity index (χ0n) is 16.5. The fourth-order valence-corrected chi connectivity index (χ4v) is 2.37. The van der Waals surface area contributed by atoms with E-state index in [9.17, 15) is 9.59 Å². The Morgan fingerprint density at radius 2 is 1.79 bits per heavy atom. The van der Waals surface area contributed by atoms with E-state index in [-0.39, 0.29) is 24.4 Å². The Morgan fingerprint density at radius 3 is 2.50 bits per heavy atom. The molecule has 0 fully saturated rings. The van der Waals surface area contributed by atoms with Crippen molar-refractivity contribution in [2.45, 2.75) is 26.8 Å². The summed E-state index contributed by atoms with van der Waals surface area (Å²) in [6, 6.07) is 14.3. The average molecular weight is 381 g/mol. The van der Waals surface area contributed by atoms with Crippen LogP contribution in [0.3, 0.4) is 0 Å². The predicted molar refractivity (Wildman–Crippen MR) is 113 cm³/mol. The molecule has 2 aromatic rings. The standard InChI is InChI=1S/C22H27N3O3/c1-15(2)14-28-20-10-6-8-18(12-20)23-13-21(26)25-19-9-5-7-17(11-19)22(27)24-16(3)4/h5-12,16,23H,1,13-14H2,2-4H3,(H,24,27)(H,25,26). The van der Waals surface area contributed by atoms with Gasteiger partial charge in [0.2, 0.25) is 5.91 Å². The number of amides is 2. The lowest BCUT2D eigenvalue weighted by Gasteiger charge is -2.11. The first-order valence-electron chi connectivity index (χ1n) is 9.15. The normalized spacial score (nSPS) is 10.3. The van der Waals surface area contributed by atoms with Crippen molar-refractivity contribution in [1.29, 1.82) is 0 Å². The lowest BCUT2D eigenvalue weighted by molar-refractivity contribution is -0.114. The van der Waals surface area contributed by atoms with E-state index in [0.717, 1.165) is 11.3 Å². The highest BCUT2D eigenvalue weighted by Crippen LogP contribution is 2.18. The van der Waals surface area contributed by atoms with E-state index in [2.05, 4.69) is 22.5 Å². The second-order valence-electron chi connectivity index (χ2n) is 6.88. The largest absolute Gasteiger partial charge is 0.489 e. The molecule has 0 saturated carbocycles. The van der Waals surface area contributed by atoms with Gasteiger partial charge in [0.1, 0.15) is 12.4 Å². The molecule has 0 atom stereocenters. The van der Waals surface area contributed by atoms with E-state index in [1.807, 2.05) is 45.0 Å². The Morgan fingerprint density at radius 1 is 1.07 bits per heavy atom. The number of rotatable bonds is 9. The van der Waals surface area contributed by atoms with Gasteiger partial charge in [0.25, 0.3) is 5.91 Å². The zero-order chi connectivity index (χ0) is 20.5. The van der Waals surface area contributed by atoms with Crippen molar-refractivity contribution in [3.63, 3.8) is 0 Å². The van der Waals surface area contributed by atoms with Crippen LogP contribution in [0.5, 0.6) is 5.75 Å². The Hall–Kier alpha value is -3.28. The van der Waals surface area contributed by atoms with Crippen LogP contribution in [0.4, 0.5) is 11.4 Å². The molecule has 0 unspecified atom stereocenters. The molecule has 0 aliphatic carbocycles. The highest BCUT2D eigenvalue weighted by Gasteiger charge is 2.09. The highest BCUT2D eigenvalue weighted by molar-refractivity contribution is 5.98. The molecular weight excluding hydrogens is 354 g/mol. The number of benzene rings is 2. The van der Waals surface area contributed by atoms with E-state index < -0.39 is 0 Å². The average Bonchev–Trinajstić information content (AvgIpc) is 2.65. The van der Waals surface area contributed by atoms with Crippen molar-refractivity contribution in [2.24, 2.45) is 0 Å². The fourth-order valence-electron chi connectivity index (χ4n) is 2.37. The molecule has 0 aliphatic rings. The number of anilines is 2. The topological polar surface area (TPSA) is 79.5 Å². The maximum atomic E-state index is 12.2. The van der Waals surface area contributed by atoms with Crippen molar-refractivity contribution in [3.8, 4) is 5.75 Å². The minimum absolute atomic E-state index is 0.0464. The minimum atomic E-state index is -0.213. The summed E-state index contributed by atoms with van der Waals surface area (Å²) in [4.78, 5) is 24.3. The first-order valence-corrected chi connectivity index (χ1v) is 9.15. The number of ether oxygens (including phenoxy) is 1. The summed E-state index contributed by atoms with van der Waals surface area (Å²) in [5, 5.41) is 8.68. The third kappa shape index (κ3) is 7.15. The van der Waals surface area contributed by atoms with Gasteiger partial charge in [-0.1, -0.05) is 18.7 Å². The van der Waals surface area contributed by atoms with Crippen LogP contribution in [-0.4, -0.2) is 31.0 Å². The summed E-state index contributed by atoms with van der Waals surface area (Å²) >= 11 is 0. The SMILES string of the molecule is C=C(C)COc1cccc(NCC(=O)Nc2cccc(C(=O)NC(C)C)c2)c1. The summed E-state index contributed by atoms with van der Waals surface area (Å²) in [7, 11) is 0. The minimum Gasteiger partial charge on any atom is -0.489 e. The van der Waals surface area contributed by atoms with Gasteiger partial charge in [0.05, 0.1) is 6.54 Å². The van der Waals surface area contributed by atoms with Gasteiger partial charge in [-0.2, -0.15) is 0 Å². The lowest BCUT2D eigenvalue weighted by Crippen LogP contribution is -2.30. The number of nitrogens with one attached hydrogen (secondary N) is 3. The fraction of sp³-hybridized carbons (Fsp3) is 0.273. The predicted octanol–water partition coefficient (Wildman–Crippen LogP) is 3.83. The second-order valence-corrected chi connectivity index (χ2v) is 6.88. The number of carbonyl (C=O) groups excluding carboxylic acids is 2. The third-order valence-corrected chi connectivity index (χ3v) is 3.60. The van der Waals surface area contributed by atoms with E-state index in [1.54, 1.807) is 24.3 Å². The van der Waals surface area contributed by atoms with Crippen LogP contribution < -0.4 is 20.7 Å². The molecule has 0 bridgehead atoms. The molecule has 3 N–H and O–H groups in total. The van der Waals surface area contributed by atoms with Gasteiger partial charge in [-0.15, -0.1) is 0 Å². The number of hydrogen-bond acceptors (Lipinski definition) is 4. The number of hydrogen-bond donors (Lipinski definition) is 3. The van der Waals surface area contributed by atoms with Crippen molar-refractivity contribution < 1.29 is 14.3 Å². The van der Waals surface area contributed by atoms with Crippen molar-refractivity contribution >= 4 is 23.2 Å². The monoisotopic (exact) mass is 381 g/mol. The summed E-state index contributed by atoms with van der Waals surface area (Å²) < 4.78 is 5.60. The zero-order valence-corrected chi connectivity index (χ0v) is 16.5. The first-order chi connectivity index (χ1) is 13.3. The van der Waals surface area contributed by atoms with Gasteiger partial charge in [0, 0.05) is 29.0 Å². The molecule has 0 spiro atoms. The molecule has 0 saturated heterocycles. The van der Waals surface area contributed by atoms with Gasteiger partial charge in [0.15, 0.2) is 0 Å². The maximum absolute atomic E-state index is 12.2. The van der Waals surface area contributed by atoms with Crippen LogP contribution in [0.2, 0.25) is 0 Å². The molecule has 2 aromatic carbocycles. The molecular formula is C22H27N3O3. The summed E-state index contributed by atoms with van der Waals surface area (Å²) in [6.07, 6.45) is 0. The van der Waals surface area contributed by atoms with Gasteiger partial charge in [-0.25, -0.2) is 0 Å². The van der Waals surface area contributed by atoms with Gasteiger partial charge in [-0.05, 0) is 56.7 Å². The van der Waals surface area contributed by atoms with Crippen LogP contribution in [0.25, 0.3) is 0 Å². The van der Waals surface area contributed by atoms with E-state index in [4.69, 9.17) is 4.74 Å². The molecule has 0 aliphatic heterocycles. The molecule has 0 radical (unpaired) electrons. The van der Waals surface area contributed by atoms with Crippen molar-refractivity contribution in [3.05, 3.63) is 66.2 Å². The maximum Gasteiger partial charge on any atom is 0.251 e. The summed E-state index contributed by atoms with van der Waals surface area (Å²) in [6.45, 7) is 10.0. The van der Waals surface area contributed by atoms with Crippen LogP contribution in [-0.2, 0) is 4.79 Å². The third-order valence-electron chi connectivity index (χ3n) is 3.60. The van der Waals surface area contributed by atoms with E-state index >= 15 is 0 Å². The molecule has 28 heavy (non-hydrogen) atoms. The van der Waals surface area contributed by atoms with Gasteiger partial charge >= 0.3 is 0 Å². The first kappa shape index (κ1) is 21.0.